The molecule has 2 heterocycles. The van der Waals surface area contributed by atoms with Crippen molar-refractivity contribution in [3.8, 4) is 11.5 Å². The molecular weight excluding hydrogens is 523 g/mol. The van der Waals surface area contributed by atoms with Crippen LogP contribution in [0.5, 0.6) is 11.5 Å². The van der Waals surface area contributed by atoms with Gasteiger partial charge in [-0.2, -0.15) is 0 Å². The van der Waals surface area contributed by atoms with Gasteiger partial charge in [-0.05, 0) is 60.5 Å². The highest BCUT2D eigenvalue weighted by molar-refractivity contribution is 9.10. The standard InChI is InChI=1S/C25H20BrFN2O6/c1-2-33-21-11-16(20(26)12-22(21)35-14-15-5-7-17(27)8-6-15)10-19-23(30)28-25(32)29(24(19)31)13-18-4-3-9-34-18/h3-12H,2,13-14H2,1H3,(H,28,30,32)/b19-10+. The molecule has 0 spiro atoms. The normalized spacial score (nSPS) is 14.9. The number of hydrogen-bond acceptors (Lipinski definition) is 6. The van der Waals surface area contributed by atoms with Crippen LogP contribution in [0.1, 0.15) is 23.8 Å². The van der Waals surface area contributed by atoms with Gasteiger partial charge in [-0.1, -0.05) is 28.1 Å². The third-order valence-corrected chi connectivity index (χ3v) is 5.74. The van der Waals surface area contributed by atoms with Crippen LogP contribution in [0.2, 0.25) is 0 Å². The maximum atomic E-state index is 13.1. The maximum Gasteiger partial charge on any atom is 0.331 e. The van der Waals surface area contributed by atoms with Crippen molar-refractivity contribution in [2.24, 2.45) is 0 Å². The van der Waals surface area contributed by atoms with Gasteiger partial charge in [-0.3, -0.25) is 19.8 Å². The summed E-state index contributed by atoms with van der Waals surface area (Å²) in [6.45, 7) is 2.21. The Bertz CT molecular complexity index is 1290. The zero-order valence-corrected chi connectivity index (χ0v) is 20.1. The van der Waals surface area contributed by atoms with E-state index in [1.165, 1.54) is 24.5 Å². The molecule has 1 aromatic heterocycles. The van der Waals surface area contributed by atoms with E-state index in [1.807, 2.05) is 0 Å². The first-order valence-corrected chi connectivity index (χ1v) is 11.4. The van der Waals surface area contributed by atoms with E-state index in [1.54, 1.807) is 43.3 Å². The third kappa shape index (κ3) is 5.60. The van der Waals surface area contributed by atoms with Crippen molar-refractivity contribution in [1.29, 1.82) is 0 Å². The van der Waals surface area contributed by atoms with Gasteiger partial charge in [0, 0.05) is 4.47 Å². The quantitative estimate of drug-likeness (QED) is 0.323. The molecule has 1 N–H and O–H groups in total. The Morgan fingerprint density at radius 1 is 1.09 bits per heavy atom. The van der Waals surface area contributed by atoms with Crippen molar-refractivity contribution in [1.82, 2.24) is 10.2 Å². The number of barbiturate groups is 1. The predicted molar refractivity (Wildman–Crippen MR) is 127 cm³/mol. The molecule has 10 heteroatoms. The number of benzene rings is 2. The molecule has 4 rings (SSSR count). The third-order valence-electron chi connectivity index (χ3n) is 5.05. The second kappa shape index (κ2) is 10.6. The van der Waals surface area contributed by atoms with Gasteiger partial charge in [0.2, 0.25) is 0 Å². The van der Waals surface area contributed by atoms with Gasteiger partial charge < -0.3 is 13.9 Å². The monoisotopic (exact) mass is 542 g/mol. The van der Waals surface area contributed by atoms with Crippen LogP contribution in [0.25, 0.3) is 6.08 Å². The number of urea groups is 1. The van der Waals surface area contributed by atoms with Crippen LogP contribution in [0.15, 0.2) is 69.3 Å². The average Bonchev–Trinajstić information content (AvgIpc) is 3.34. The van der Waals surface area contributed by atoms with Crippen molar-refractivity contribution in [2.75, 3.05) is 6.61 Å². The number of imide groups is 2. The van der Waals surface area contributed by atoms with E-state index in [0.29, 0.717) is 33.9 Å². The van der Waals surface area contributed by atoms with Gasteiger partial charge in [0.05, 0.1) is 19.4 Å². The van der Waals surface area contributed by atoms with Gasteiger partial charge >= 0.3 is 6.03 Å². The van der Waals surface area contributed by atoms with Gasteiger partial charge in [0.15, 0.2) is 11.5 Å². The number of rotatable bonds is 8. The number of hydrogen-bond donors (Lipinski definition) is 1. The fourth-order valence-electron chi connectivity index (χ4n) is 3.34. The SMILES string of the molecule is CCOc1cc(/C=C2\C(=O)NC(=O)N(Cc3ccco3)C2=O)c(Br)cc1OCc1ccc(F)cc1. The lowest BCUT2D eigenvalue weighted by Crippen LogP contribution is -2.53. The molecule has 8 nitrogen and oxygen atoms in total. The number of halogens is 2. The molecule has 0 aliphatic carbocycles. The molecule has 1 aliphatic heterocycles. The second-order valence-corrected chi connectivity index (χ2v) is 8.31. The lowest BCUT2D eigenvalue weighted by atomic mass is 10.1. The molecule has 4 amide bonds. The number of nitrogens with one attached hydrogen (secondary N) is 1. The molecule has 35 heavy (non-hydrogen) atoms. The Morgan fingerprint density at radius 2 is 1.83 bits per heavy atom. The van der Waals surface area contributed by atoms with Crippen molar-refractivity contribution in [3.05, 3.63) is 87.5 Å². The fourth-order valence-corrected chi connectivity index (χ4v) is 3.77. The van der Waals surface area contributed by atoms with Gasteiger partial charge in [-0.25, -0.2) is 9.18 Å². The van der Waals surface area contributed by atoms with E-state index < -0.39 is 17.8 Å². The number of carbonyl (C=O) groups excluding carboxylic acids is 3. The van der Waals surface area contributed by atoms with E-state index in [0.717, 1.165) is 10.5 Å². The maximum absolute atomic E-state index is 13.1. The average molecular weight is 543 g/mol. The molecule has 0 atom stereocenters. The van der Waals surface area contributed by atoms with Crippen LogP contribution in [-0.2, 0) is 22.7 Å². The zero-order chi connectivity index (χ0) is 24.9. The number of ether oxygens (including phenoxy) is 2. The van der Waals surface area contributed by atoms with E-state index in [4.69, 9.17) is 13.9 Å². The Labute approximate surface area is 208 Å². The molecule has 0 radical (unpaired) electrons. The molecule has 1 aliphatic rings. The molecule has 3 aromatic rings. The summed E-state index contributed by atoms with van der Waals surface area (Å²) in [7, 11) is 0. The minimum Gasteiger partial charge on any atom is -0.490 e. The minimum absolute atomic E-state index is 0.121. The van der Waals surface area contributed by atoms with Crippen LogP contribution < -0.4 is 14.8 Å². The first kappa shape index (κ1) is 24.2. The number of nitrogens with zero attached hydrogens (tertiary/aromatic N) is 1. The summed E-state index contributed by atoms with van der Waals surface area (Å²) in [5.41, 5.74) is 1.01. The summed E-state index contributed by atoms with van der Waals surface area (Å²) in [6, 6.07) is 11.6. The highest BCUT2D eigenvalue weighted by atomic mass is 79.9. The van der Waals surface area contributed by atoms with Gasteiger partial charge in [0.25, 0.3) is 11.8 Å². The van der Waals surface area contributed by atoms with Crippen molar-refractivity contribution in [2.45, 2.75) is 20.1 Å². The molecular formula is C25H20BrFN2O6. The fraction of sp³-hybridized carbons (Fsp3) is 0.160. The van der Waals surface area contributed by atoms with Crippen molar-refractivity contribution < 1.29 is 32.7 Å². The predicted octanol–water partition coefficient (Wildman–Crippen LogP) is 4.82. The molecule has 0 bridgehead atoms. The Kier molecular flexibility index (Phi) is 7.31. The molecule has 1 saturated heterocycles. The highest BCUT2D eigenvalue weighted by Gasteiger charge is 2.36. The molecule has 2 aromatic carbocycles. The number of amides is 4. The Balaban J connectivity index is 1.61. The van der Waals surface area contributed by atoms with Gasteiger partial charge in [-0.15, -0.1) is 0 Å². The summed E-state index contributed by atoms with van der Waals surface area (Å²) < 4.78 is 30.4. The summed E-state index contributed by atoms with van der Waals surface area (Å²) in [5.74, 6) is -0.704. The summed E-state index contributed by atoms with van der Waals surface area (Å²) in [6.07, 6.45) is 2.80. The van der Waals surface area contributed by atoms with Gasteiger partial charge in [0.1, 0.15) is 23.8 Å². The second-order valence-electron chi connectivity index (χ2n) is 7.46. The Morgan fingerprint density at radius 3 is 2.51 bits per heavy atom. The van der Waals surface area contributed by atoms with Crippen molar-refractivity contribution in [3.63, 3.8) is 0 Å². The Hall–Kier alpha value is -3.92. The van der Waals surface area contributed by atoms with Crippen LogP contribution in [0, 0.1) is 5.82 Å². The van der Waals surface area contributed by atoms with E-state index in [-0.39, 0.29) is 24.5 Å². The van der Waals surface area contributed by atoms with Crippen LogP contribution in [0.3, 0.4) is 0 Å². The lowest BCUT2D eigenvalue weighted by molar-refractivity contribution is -0.130. The van der Waals surface area contributed by atoms with E-state index in [2.05, 4.69) is 21.2 Å². The zero-order valence-electron chi connectivity index (χ0n) is 18.5. The smallest absolute Gasteiger partial charge is 0.331 e. The van der Waals surface area contributed by atoms with Crippen LogP contribution in [0.4, 0.5) is 9.18 Å². The minimum atomic E-state index is -0.827. The van der Waals surface area contributed by atoms with Crippen LogP contribution in [-0.4, -0.2) is 29.4 Å². The van der Waals surface area contributed by atoms with Crippen LogP contribution >= 0.6 is 15.9 Å². The number of carbonyl (C=O) groups is 3. The molecule has 0 saturated carbocycles. The topological polar surface area (TPSA) is 98.1 Å². The van der Waals surface area contributed by atoms with E-state index in [9.17, 15) is 18.8 Å². The molecule has 0 unspecified atom stereocenters. The largest absolute Gasteiger partial charge is 0.490 e. The summed E-state index contributed by atoms with van der Waals surface area (Å²) in [5, 5.41) is 2.17. The molecule has 180 valence electrons. The summed E-state index contributed by atoms with van der Waals surface area (Å²) >= 11 is 3.44. The van der Waals surface area contributed by atoms with E-state index >= 15 is 0 Å². The first-order valence-electron chi connectivity index (χ1n) is 10.6. The van der Waals surface area contributed by atoms with Crippen molar-refractivity contribution >= 4 is 39.9 Å². The molecule has 1 fully saturated rings. The highest BCUT2D eigenvalue weighted by Crippen LogP contribution is 2.36. The summed E-state index contributed by atoms with van der Waals surface area (Å²) in [4.78, 5) is 38.6. The first-order chi connectivity index (χ1) is 16.9. The lowest BCUT2D eigenvalue weighted by Gasteiger charge is -2.25. The number of furan rings is 1.